The van der Waals surface area contributed by atoms with E-state index in [4.69, 9.17) is 14.1 Å². The second kappa shape index (κ2) is 15.7. The fraction of sp³-hybridized carbons (Fsp3) is 0. The zero-order chi connectivity index (χ0) is 3.58. The standard InChI is InChI=1S/Ce.ClH.Na.H2O3Si.H/c;;;1-4(2)3;/h;1H;;1-2H;/q;;+1;;-1. The predicted molar refractivity (Wildman–Crippen MR) is 19.2 cm³/mol. The topological polar surface area (TPSA) is 57.5 Å². The maximum Gasteiger partial charge on any atom is 1.00 e. The van der Waals surface area contributed by atoms with Crippen LogP contribution in [-0.2, 0) is 4.46 Å². The first-order valence-corrected chi connectivity index (χ1v) is 1.95. The Morgan fingerprint density at radius 1 is 1.43 bits per heavy atom. The molecule has 0 heterocycles. The fourth-order valence-corrected chi connectivity index (χ4v) is 0. The molecule has 0 aromatic carbocycles. The first-order valence-electron chi connectivity index (χ1n) is 0.651. The maximum atomic E-state index is 8.74. The van der Waals surface area contributed by atoms with E-state index >= 15 is 0 Å². The maximum absolute atomic E-state index is 8.74. The van der Waals surface area contributed by atoms with Crippen molar-refractivity contribution < 1.29 is 86.8 Å². The van der Waals surface area contributed by atoms with E-state index in [1.54, 1.807) is 0 Å². The van der Waals surface area contributed by atoms with Gasteiger partial charge < -0.3 is 11.0 Å². The predicted octanol–water partition coefficient (Wildman–Crippen LogP) is -4.08. The second-order valence-corrected chi connectivity index (χ2v) is 0.848. The molecule has 38 valence electrons. The summed E-state index contributed by atoms with van der Waals surface area (Å²) in [6, 6.07) is 0. The van der Waals surface area contributed by atoms with Crippen molar-refractivity contribution in [3.63, 3.8) is 0 Å². The summed E-state index contributed by atoms with van der Waals surface area (Å²) < 4.78 is 8.74. The van der Waals surface area contributed by atoms with Gasteiger partial charge in [0.2, 0.25) is 0 Å². The van der Waals surface area contributed by atoms with Gasteiger partial charge in [-0.1, -0.05) is 0 Å². The normalized spacial score (nSPS) is 3.43. The Balaban J connectivity index is -0.00000000750. The molecule has 0 radical (unpaired) electrons. The van der Waals surface area contributed by atoms with Crippen molar-refractivity contribution in [2.75, 3.05) is 0 Å². The summed E-state index contributed by atoms with van der Waals surface area (Å²) >= 11 is 0. The van der Waals surface area contributed by atoms with E-state index < -0.39 is 9.17 Å². The molecule has 0 spiro atoms. The van der Waals surface area contributed by atoms with Crippen molar-refractivity contribution in [3.8, 4) is 0 Å². The number of rotatable bonds is 0. The van der Waals surface area contributed by atoms with Gasteiger partial charge in [-0.15, -0.1) is 12.4 Å². The van der Waals surface area contributed by atoms with E-state index in [1.807, 2.05) is 0 Å². The Morgan fingerprint density at radius 3 is 1.43 bits per heavy atom. The molecule has 0 aliphatic carbocycles. The zero-order valence-electron chi connectivity index (χ0n) is 4.71. The Bertz CT molecular complexity index is 42.3. The molecular formula is H4CeClNaO3Si. The van der Waals surface area contributed by atoms with Gasteiger partial charge in [0.1, 0.15) is 0 Å². The quantitative estimate of drug-likeness (QED) is 0.443. The summed E-state index contributed by atoms with van der Waals surface area (Å²) in [4.78, 5) is 14.3. The summed E-state index contributed by atoms with van der Waals surface area (Å²) in [6.45, 7) is 0. The van der Waals surface area contributed by atoms with E-state index in [9.17, 15) is 0 Å². The minimum atomic E-state index is -3.13. The average molecular weight is 279 g/mol. The minimum absolute atomic E-state index is 0. The van der Waals surface area contributed by atoms with E-state index in [0.29, 0.717) is 0 Å². The Morgan fingerprint density at radius 2 is 1.43 bits per heavy atom. The summed E-state index contributed by atoms with van der Waals surface area (Å²) in [5.41, 5.74) is 0. The molecule has 3 nitrogen and oxygen atoms in total. The van der Waals surface area contributed by atoms with Crippen LogP contribution < -0.4 is 29.6 Å². The molecule has 0 atom stereocenters. The van der Waals surface area contributed by atoms with Crippen molar-refractivity contribution >= 4 is 21.6 Å². The van der Waals surface area contributed by atoms with Gasteiger partial charge in [0.25, 0.3) is 0 Å². The fourth-order valence-electron chi connectivity index (χ4n) is 0. The van der Waals surface area contributed by atoms with Crippen molar-refractivity contribution in [3.05, 3.63) is 0 Å². The molecule has 0 aliphatic heterocycles. The summed E-state index contributed by atoms with van der Waals surface area (Å²) in [5.74, 6) is 0. The van der Waals surface area contributed by atoms with Gasteiger partial charge in [0, 0.05) is 41.7 Å². The van der Waals surface area contributed by atoms with Gasteiger partial charge in [-0.25, -0.2) is 0 Å². The molecule has 0 unspecified atom stereocenters. The molecule has 0 saturated heterocycles. The second-order valence-electron chi connectivity index (χ2n) is 0.283. The molecule has 0 aliphatic rings. The smallest absolute Gasteiger partial charge is 1.00 e. The third-order valence-corrected chi connectivity index (χ3v) is 0. The first kappa shape index (κ1) is 22.8. The van der Waals surface area contributed by atoms with Crippen molar-refractivity contribution in [1.29, 1.82) is 0 Å². The minimum Gasteiger partial charge on any atom is -1.00 e. The van der Waals surface area contributed by atoms with Gasteiger partial charge in [-0.2, -0.15) is 0 Å². The van der Waals surface area contributed by atoms with Gasteiger partial charge in [0.15, 0.2) is 0 Å². The van der Waals surface area contributed by atoms with Crippen LogP contribution >= 0.6 is 12.4 Å². The molecule has 0 amide bonds. The van der Waals surface area contributed by atoms with Crippen LogP contribution in [0.2, 0.25) is 0 Å². The molecule has 0 fully saturated rings. The molecule has 7 heavy (non-hydrogen) atoms. The van der Waals surface area contributed by atoms with E-state index in [2.05, 4.69) is 0 Å². The third kappa shape index (κ3) is 62.7. The average Bonchev–Trinajstić information content (AvgIpc) is 0.811. The van der Waals surface area contributed by atoms with Crippen LogP contribution in [0.15, 0.2) is 0 Å². The molecular weight excluding hydrogens is 275 g/mol. The van der Waals surface area contributed by atoms with Crippen LogP contribution in [0, 0.1) is 41.7 Å². The Hall–Kier alpha value is 2.28. The van der Waals surface area contributed by atoms with E-state index in [-0.39, 0.29) is 85.1 Å². The molecule has 7 heteroatoms. The largest absolute Gasteiger partial charge is 1.00 e. The van der Waals surface area contributed by atoms with Crippen molar-refractivity contribution in [2.45, 2.75) is 0 Å². The van der Waals surface area contributed by atoms with Gasteiger partial charge in [-0.3, -0.25) is 4.46 Å². The van der Waals surface area contributed by atoms with E-state index in [1.165, 1.54) is 0 Å². The van der Waals surface area contributed by atoms with Crippen LogP contribution in [-0.4, -0.2) is 18.8 Å². The Labute approximate surface area is 106 Å². The monoisotopic (exact) mass is 278 g/mol. The first-order chi connectivity index (χ1) is 1.73. The van der Waals surface area contributed by atoms with Crippen LogP contribution in [0.5, 0.6) is 0 Å². The number of hydrogen-bond donors (Lipinski definition) is 2. The zero-order valence-corrected chi connectivity index (χ0v) is 10.7. The van der Waals surface area contributed by atoms with Gasteiger partial charge >= 0.3 is 38.7 Å². The third-order valence-electron chi connectivity index (χ3n) is 0. The van der Waals surface area contributed by atoms with Crippen LogP contribution in [0.25, 0.3) is 0 Å². The number of halogens is 1. The SMILES string of the molecule is Cl.O=[Si](O)O.[Ce].[H-].[Na+]. The van der Waals surface area contributed by atoms with Crippen molar-refractivity contribution in [2.24, 2.45) is 0 Å². The molecule has 0 rings (SSSR count). The molecule has 0 aromatic rings. The molecule has 2 N–H and O–H groups in total. The summed E-state index contributed by atoms with van der Waals surface area (Å²) in [7, 11) is -3.13. The van der Waals surface area contributed by atoms with E-state index in [0.717, 1.165) is 0 Å². The molecule has 0 bridgehead atoms. The number of hydrogen-bond acceptors (Lipinski definition) is 1. The molecule has 0 aromatic heterocycles. The van der Waals surface area contributed by atoms with Gasteiger partial charge in [-0.05, 0) is 0 Å². The summed E-state index contributed by atoms with van der Waals surface area (Å²) in [6.07, 6.45) is 0. The van der Waals surface area contributed by atoms with Crippen LogP contribution in [0.4, 0.5) is 0 Å². The van der Waals surface area contributed by atoms with Crippen molar-refractivity contribution in [1.82, 2.24) is 0 Å². The molecule has 0 saturated carbocycles. The van der Waals surface area contributed by atoms with Crippen LogP contribution in [0.1, 0.15) is 1.43 Å². The van der Waals surface area contributed by atoms with Crippen LogP contribution in [0.3, 0.4) is 0 Å². The Kier molecular flexibility index (Phi) is 51.3. The van der Waals surface area contributed by atoms with Gasteiger partial charge in [0.05, 0.1) is 0 Å². The summed E-state index contributed by atoms with van der Waals surface area (Å²) in [5, 5.41) is 0.